The van der Waals surface area contributed by atoms with Crippen LogP contribution in [0, 0.1) is 23.4 Å². The van der Waals surface area contributed by atoms with E-state index in [4.69, 9.17) is 10.2 Å². The van der Waals surface area contributed by atoms with E-state index in [0.717, 1.165) is 24.3 Å². The van der Waals surface area contributed by atoms with Crippen LogP contribution >= 0.6 is 0 Å². The summed E-state index contributed by atoms with van der Waals surface area (Å²) in [6.07, 6.45) is -5.72. The molecule has 2 aliphatic carbocycles. The molecule has 0 spiro atoms. The van der Waals surface area contributed by atoms with Crippen molar-refractivity contribution < 1.29 is 49.1 Å². The molecule has 3 atom stereocenters. The number of halogens is 8. The van der Waals surface area contributed by atoms with Gasteiger partial charge in [-0.3, -0.25) is 19.3 Å². The van der Waals surface area contributed by atoms with Crippen LogP contribution in [-0.2, 0) is 29.9 Å². The molecule has 10 nitrogen and oxygen atoms in total. The van der Waals surface area contributed by atoms with Gasteiger partial charge < -0.3 is 15.5 Å². The second-order valence-corrected chi connectivity index (χ2v) is 11.8. The Labute approximate surface area is 267 Å². The number of pyridine rings is 1. The zero-order chi connectivity index (χ0) is 35.2. The monoisotopic (exact) mass is 692 g/mol. The number of aromatic nitrogens is 4. The van der Waals surface area contributed by atoms with E-state index in [1.165, 1.54) is 12.1 Å². The SMILES string of the molecule is NC(=O)c1cc(-c2cc3[nH]c(=O)oc3nc2[C@H](Cc2cc(F)cc(F)c2)NC(=O)Cn2nc(C(F)(F)F)c3c2C(F)(F)C2C[C@H]32)ccc1F. The first kappa shape index (κ1) is 32.0. The van der Waals surface area contributed by atoms with Crippen LogP contribution in [-0.4, -0.2) is 31.6 Å². The van der Waals surface area contributed by atoms with Crippen LogP contribution in [0.25, 0.3) is 22.4 Å². The lowest BCUT2D eigenvalue weighted by Gasteiger charge is -2.22. The van der Waals surface area contributed by atoms with Gasteiger partial charge in [0.2, 0.25) is 11.6 Å². The van der Waals surface area contributed by atoms with Gasteiger partial charge in [0.05, 0.1) is 17.3 Å². The number of amides is 2. The molecule has 18 heteroatoms. The lowest BCUT2D eigenvalue weighted by molar-refractivity contribution is -0.142. The molecule has 1 unspecified atom stereocenters. The molecule has 2 aromatic carbocycles. The summed E-state index contributed by atoms with van der Waals surface area (Å²) >= 11 is 0. The van der Waals surface area contributed by atoms with Gasteiger partial charge in [-0.2, -0.15) is 27.1 Å². The van der Waals surface area contributed by atoms with Gasteiger partial charge in [-0.15, -0.1) is 0 Å². The van der Waals surface area contributed by atoms with E-state index in [9.17, 15) is 40.7 Å². The Kier molecular flexibility index (Phi) is 7.18. The predicted molar refractivity (Wildman–Crippen MR) is 151 cm³/mol. The number of nitrogens with one attached hydrogen (secondary N) is 2. The molecular formula is C31H20F8N6O4. The van der Waals surface area contributed by atoms with Crippen LogP contribution in [0.4, 0.5) is 35.1 Å². The molecule has 3 heterocycles. The topological polar surface area (TPSA) is 149 Å². The van der Waals surface area contributed by atoms with Crippen LogP contribution in [0.3, 0.4) is 0 Å². The van der Waals surface area contributed by atoms with Crippen molar-refractivity contribution in [3.8, 4) is 11.1 Å². The number of rotatable bonds is 8. The Hall–Kier alpha value is -5.55. The highest BCUT2D eigenvalue weighted by molar-refractivity contribution is 5.95. The number of carbonyl (C=O) groups excluding carboxylic acids is 2. The smallest absolute Gasteiger partial charge is 0.389 e. The average molecular weight is 693 g/mol. The minimum absolute atomic E-state index is 0.00292. The van der Waals surface area contributed by atoms with Crippen molar-refractivity contribution in [2.24, 2.45) is 11.7 Å². The van der Waals surface area contributed by atoms with Gasteiger partial charge in [-0.1, -0.05) is 6.07 Å². The first-order valence-electron chi connectivity index (χ1n) is 14.4. The third kappa shape index (κ3) is 5.59. The fourth-order valence-electron chi connectivity index (χ4n) is 6.43. The van der Waals surface area contributed by atoms with Crippen molar-refractivity contribution in [3.63, 3.8) is 0 Å². The maximum absolute atomic E-state index is 15.1. The minimum atomic E-state index is -5.09. The van der Waals surface area contributed by atoms with Crippen LogP contribution < -0.4 is 16.8 Å². The van der Waals surface area contributed by atoms with E-state index in [-0.39, 0.29) is 40.0 Å². The van der Waals surface area contributed by atoms with Crippen molar-refractivity contribution in [3.05, 3.63) is 104 Å². The first-order chi connectivity index (χ1) is 23.0. The van der Waals surface area contributed by atoms with E-state index in [2.05, 4.69) is 20.4 Å². The molecule has 0 radical (unpaired) electrons. The highest BCUT2D eigenvalue weighted by Gasteiger charge is 2.68. The maximum Gasteiger partial charge on any atom is 0.435 e. The number of nitrogens with zero attached hydrogens (tertiary/aromatic N) is 3. The third-order valence-corrected chi connectivity index (χ3v) is 8.51. The Morgan fingerprint density at radius 2 is 1.82 bits per heavy atom. The maximum atomic E-state index is 15.1. The van der Waals surface area contributed by atoms with Gasteiger partial charge in [-0.05, 0) is 60.2 Å². The van der Waals surface area contributed by atoms with E-state index < -0.39 is 100 Å². The van der Waals surface area contributed by atoms with Crippen LogP contribution in [0.1, 0.15) is 56.9 Å². The number of benzene rings is 2. The normalized spacial score (nSPS) is 18.3. The van der Waals surface area contributed by atoms with Crippen molar-refractivity contribution in [1.29, 1.82) is 0 Å². The molecular weight excluding hydrogens is 672 g/mol. The summed E-state index contributed by atoms with van der Waals surface area (Å²) in [5, 5.41) is 5.81. The summed E-state index contributed by atoms with van der Waals surface area (Å²) in [5.74, 6) is -12.4. The molecule has 2 aliphatic rings. The molecule has 49 heavy (non-hydrogen) atoms. The van der Waals surface area contributed by atoms with E-state index in [0.29, 0.717) is 10.7 Å². The van der Waals surface area contributed by atoms with E-state index in [1.807, 2.05) is 0 Å². The molecule has 254 valence electrons. The number of alkyl halides is 5. The highest BCUT2D eigenvalue weighted by Crippen LogP contribution is 2.68. The standard InChI is InChI=1S/C31H20F8N6O4/c32-13-3-11(4-14(33)7-13)5-20(41-22(46)10-45-26-23(25(44-45)31(37,38)39)16-8-18(16)30(26,35)36)24-15(9-21-28(43-24)49-29(48)42-21)12-1-2-19(34)17(6-12)27(40)47/h1-4,6-7,9,16,18,20H,5,8,10H2,(H2,40,47)(H,41,46)(H,42,48)/t16-,18?,20-/m0/s1. The van der Waals surface area contributed by atoms with Gasteiger partial charge in [0.15, 0.2) is 5.69 Å². The van der Waals surface area contributed by atoms with E-state index in [1.54, 1.807) is 0 Å². The molecule has 0 saturated heterocycles. The number of primary amides is 1. The second kappa shape index (κ2) is 11.0. The predicted octanol–water partition coefficient (Wildman–Crippen LogP) is 5.22. The summed E-state index contributed by atoms with van der Waals surface area (Å²) in [6, 6.07) is 5.38. The highest BCUT2D eigenvalue weighted by atomic mass is 19.4. The number of aromatic amines is 1. The average Bonchev–Trinajstić information content (AvgIpc) is 3.49. The van der Waals surface area contributed by atoms with Crippen molar-refractivity contribution in [2.45, 2.75) is 43.4 Å². The summed E-state index contributed by atoms with van der Waals surface area (Å²) in [5.41, 5.74) is 1.04. The Morgan fingerprint density at radius 1 is 1.10 bits per heavy atom. The fraction of sp³-hybridized carbons (Fsp3) is 0.258. The molecule has 5 aromatic rings. The molecule has 1 saturated carbocycles. The van der Waals surface area contributed by atoms with Gasteiger partial charge in [-0.25, -0.2) is 22.9 Å². The molecule has 2 amide bonds. The number of fused-ring (bicyclic) bond motifs is 4. The summed E-state index contributed by atoms with van der Waals surface area (Å²) < 4.78 is 120. The lowest BCUT2D eigenvalue weighted by atomic mass is 9.94. The molecule has 0 bridgehead atoms. The summed E-state index contributed by atoms with van der Waals surface area (Å²) in [4.78, 5) is 44.1. The van der Waals surface area contributed by atoms with Crippen molar-refractivity contribution in [2.75, 3.05) is 0 Å². The van der Waals surface area contributed by atoms with Gasteiger partial charge in [0, 0.05) is 23.1 Å². The molecule has 3 aromatic heterocycles. The first-order valence-corrected chi connectivity index (χ1v) is 14.4. The lowest BCUT2D eigenvalue weighted by Crippen LogP contribution is -2.35. The van der Waals surface area contributed by atoms with Crippen LogP contribution in [0.2, 0.25) is 0 Å². The number of carbonyl (C=O) groups is 2. The fourth-order valence-corrected chi connectivity index (χ4v) is 6.43. The number of oxazole rings is 1. The summed E-state index contributed by atoms with van der Waals surface area (Å²) in [7, 11) is 0. The second-order valence-electron chi connectivity index (χ2n) is 11.8. The Bertz CT molecular complexity index is 2240. The number of nitrogens with two attached hydrogens (primary N) is 1. The zero-order valence-corrected chi connectivity index (χ0v) is 24.5. The number of hydrogen-bond donors (Lipinski definition) is 3. The van der Waals surface area contributed by atoms with Crippen molar-refractivity contribution >= 4 is 23.0 Å². The van der Waals surface area contributed by atoms with Gasteiger partial charge in [0.1, 0.15) is 35.2 Å². The summed E-state index contributed by atoms with van der Waals surface area (Å²) in [6.45, 7) is -1.12. The molecule has 0 aliphatic heterocycles. The van der Waals surface area contributed by atoms with Crippen LogP contribution in [0.5, 0.6) is 0 Å². The third-order valence-electron chi connectivity index (χ3n) is 8.51. The van der Waals surface area contributed by atoms with Gasteiger partial charge in [0.25, 0.3) is 11.8 Å². The minimum Gasteiger partial charge on any atom is -0.389 e. The molecule has 1 fully saturated rings. The number of H-pyrrole nitrogens is 1. The molecule has 7 rings (SSSR count). The zero-order valence-electron chi connectivity index (χ0n) is 24.5. The quantitative estimate of drug-likeness (QED) is 0.190. The van der Waals surface area contributed by atoms with Crippen molar-refractivity contribution in [1.82, 2.24) is 25.1 Å². The number of hydrogen-bond acceptors (Lipinski definition) is 6. The van der Waals surface area contributed by atoms with E-state index >= 15 is 8.78 Å². The Balaban J connectivity index is 1.34. The largest absolute Gasteiger partial charge is 0.435 e. The molecule has 4 N–H and O–H groups in total. The van der Waals surface area contributed by atoms with Crippen LogP contribution in [0.15, 0.2) is 51.7 Å². The van der Waals surface area contributed by atoms with Gasteiger partial charge >= 0.3 is 11.9 Å². The Morgan fingerprint density at radius 3 is 2.49 bits per heavy atom.